The van der Waals surface area contributed by atoms with Crippen LogP contribution in [0.15, 0.2) is 328 Å². The Hall–Kier alpha value is -14.1. The molecule has 22 aromatic rings. The normalized spacial score (nSPS) is 12.1. The second-order valence-electron chi connectivity index (χ2n) is 26.3. The van der Waals surface area contributed by atoms with Crippen LogP contribution in [0.25, 0.3) is 199 Å². The smallest absolute Gasteiger partial charge is 0.160 e. The Bertz CT molecular complexity index is 6290. The number of para-hydroxylation sites is 4. The Labute approximate surface area is 581 Å². The summed E-state index contributed by atoms with van der Waals surface area (Å²) in [4.78, 5) is 31.1. The quantitative estimate of drug-likeness (QED) is 0.142. The van der Waals surface area contributed by atoms with Crippen molar-refractivity contribution < 1.29 is 0 Å². The molecule has 12 nitrogen and oxygen atoms in total. The zero-order valence-corrected chi connectivity index (χ0v) is 54.5. The van der Waals surface area contributed by atoms with Crippen molar-refractivity contribution in [2.75, 3.05) is 0 Å². The molecule has 0 saturated heterocycles. The van der Waals surface area contributed by atoms with Crippen LogP contribution in [0.4, 0.5) is 0 Å². The van der Waals surface area contributed by atoms with Gasteiger partial charge in [0, 0.05) is 119 Å². The molecule has 11 aromatic carbocycles. The summed E-state index contributed by atoms with van der Waals surface area (Å²) in [6.45, 7) is 0. The van der Waals surface area contributed by atoms with Gasteiger partial charge >= 0.3 is 0 Å². The van der Waals surface area contributed by atoms with Crippen molar-refractivity contribution in [2.45, 2.75) is 0 Å². The molecule has 0 amide bonds. The number of hydrogen-bond acceptors (Lipinski definition) is 6. The minimum Gasteiger partial charge on any atom is -0.309 e. The molecule has 11 heterocycles. The van der Waals surface area contributed by atoms with Crippen LogP contribution in [0, 0.1) is 0 Å². The SMILES string of the molecule is c1ccc(-c2cc(-c3ccccc3)nc(-c3cc(-n4c5ccc(-n6c7ccccc7c7ncccc76)cc5c5cc(-n6c7ccccc7c7ncccc76)ccc54)cc(-n4c5ccc(-n6c7ccccc7c7ncccc76)cc5c5cc(-n6c7ccccc7c7ncccc76)ccc54)c3)n2)cc1. The number of benzene rings is 11. The van der Waals surface area contributed by atoms with Crippen LogP contribution >= 0.6 is 0 Å². The Kier molecular flexibility index (Phi) is 11.9. The molecule has 22 rings (SSSR count). The largest absolute Gasteiger partial charge is 0.309 e. The Morgan fingerprint density at radius 2 is 0.441 bits per heavy atom. The van der Waals surface area contributed by atoms with E-state index >= 15 is 0 Å². The molecule has 0 saturated carbocycles. The standard InChI is InChI=1S/C90H54N12/c1-3-19-55(20-4-1)72-54-73(56-21-5-2-6-22-56)96-90(95-72)57-47-62(101-78-39-35-58(97-74-27-11-7-23-64(74)86-82(97)31-15-43-91-86)50-68(78)69-51-59(36-40-79(69)101)98-75-28-12-8-24-65(75)87-83(98)32-16-44-92-87)49-63(48-57)102-80-41-37-60(99-76-29-13-9-25-66(76)88-84(99)33-17-45-93-88)52-70(80)71-53-61(38-42-81(71)102)100-77-30-14-10-26-67(77)89-85(100)34-18-46-94-89/h1-54H. The van der Waals surface area contributed by atoms with Gasteiger partial charge in [-0.15, -0.1) is 0 Å². The molecule has 0 bridgehead atoms. The minimum absolute atomic E-state index is 0.592. The lowest BCUT2D eigenvalue weighted by molar-refractivity contribution is 1.12. The molecule has 102 heavy (non-hydrogen) atoms. The molecule has 474 valence electrons. The van der Waals surface area contributed by atoms with E-state index in [4.69, 9.17) is 29.9 Å². The van der Waals surface area contributed by atoms with Gasteiger partial charge < -0.3 is 27.4 Å². The molecule has 0 radical (unpaired) electrons. The molecule has 0 aliphatic rings. The van der Waals surface area contributed by atoms with E-state index in [2.05, 4.69) is 306 Å². The first kappa shape index (κ1) is 56.0. The lowest BCUT2D eigenvalue weighted by Gasteiger charge is -2.17. The number of fused-ring (bicyclic) bond motifs is 18. The second kappa shape index (κ2) is 21.7. The molecule has 12 heteroatoms. The third-order valence-corrected chi connectivity index (χ3v) is 20.7. The van der Waals surface area contributed by atoms with E-state index in [1.165, 1.54) is 0 Å². The van der Waals surface area contributed by atoms with Crippen molar-refractivity contribution in [1.82, 2.24) is 57.3 Å². The van der Waals surface area contributed by atoms with E-state index in [0.29, 0.717) is 5.82 Å². The summed E-state index contributed by atoms with van der Waals surface area (Å²) >= 11 is 0. The molecule has 0 N–H and O–H groups in total. The molecule has 0 aliphatic carbocycles. The van der Waals surface area contributed by atoms with Crippen molar-refractivity contribution in [3.05, 3.63) is 328 Å². The minimum atomic E-state index is 0.592. The van der Waals surface area contributed by atoms with Gasteiger partial charge in [-0.3, -0.25) is 19.9 Å². The fourth-order valence-electron chi connectivity index (χ4n) is 16.4. The van der Waals surface area contributed by atoms with E-state index < -0.39 is 0 Å². The van der Waals surface area contributed by atoms with Gasteiger partial charge in [-0.1, -0.05) is 133 Å². The Morgan fingerprint density at radius 1 is 0.176 bits per heavy atom. The van der Waals surface area contributed by atoms with Crippen LogP contribution in [-0.4, -0.2) is 57.3 Å². The molecular formula is C90H54N12. The van der Waals surface area contributed by atoms with Crippen molar-refractivity contribution in [3.8, 4) is 68.0 Å². The van der Waals surface area contributed by atoms with E-state index in [1.54, 1.807) is 0 Å². The second-order valence-corrected chi connectivity index (χ2v) is 26.3. The topological polar surface area (TPSA) is 107 Å². The number of hydrogen-bond donors (Lipinski definition) is 0. The van der Waals surface area contributed by atoms with Crippen molar-refractivity contribution >= 4 is 131 Å². The molecule has 11 aromatic heterocycles. The van der Waals surface area contributed by atoms with Crippen LogP contribution in [0.3, 0.4) is 0 Å². The van der Waals surface area contributed by atoms with E-state index in [-0.39, 0.29) is 0 Å². The maximum Gasteiger partial charge on any atom is 0.160 e. The maximum atomic E-state index is 5.59. The Morgan fingerprint density at radius 3 is 0.755 bits per heavy atom. The summed E-state index contributed by atoms with van der Waals surface area (Å²) in [6, 6.07) is 109. The maximum absolute atomic E-state index is 5.59. The number of aromatic nitrogens is 12. The zero-order chi connectivity index (χ0) is 66.7. The monoisotopic (exact) mass is 1300 g/mol. The van der Waals surface area contributed by atoms with Gasteiger partial charge in [-0.25, -0.2) is 9.97 Å². The molecule has 0 atom stereocenters. The van der Waals surface area contributed by atoms with Gasteiger partial charge in [-0.05, 0) is 170 Å². The molecule has 0 aliphatic heterocycles. The van der Waals surface area contributed by atoms with Crippen LogP contribution in [0.5, 0.6) is 0 Å². The highest BCUT2D eigenvalue weighted by Crippen LogP contribution is 2.44. The fourth-order valence-corrected chi connectivity index (χ4v) is 16.4. The summed E-state index contributed by atoms with van der Waals surface area (Å²) in [5.41, 5.74) is 26.9. The van der Waals surface area contributed by atoms with Gasteiger partial charge in [0.05, 0.1) is 99.7 Å². The van der Waals surface area contributed by atoms with Gasteiger partial charge in [0.15, 0.2) is 5.82 Å². The summed E-state index contributed by atoms with van der Waals surface area (Å²) < 4.78 is 14.3. The molecular weight excluding hydrogens is 1250 g/mol. The van der Waals surface area contributed by atoms with Crippen LogP contribution in [-0.2, 0) is 0 Å². The van der Waals surface area contributed by atoms with Crippen molar-refractivity contribution in [2.24, 2.45) is 0 Å². The van der Waals surface area contributed by atoms with E-state index in [0.717, 1.165) is 194 Å². The first-order valence-corrected chi connectivity index (χ1v) is 34.3. The molecule has 0 unspecified atom stereocenters. The number of nitrogens with zero attached hydrogens (tertiary/aromatic N) is 12. The summed E-state index contributed by atoms with van der Waals surface area (Å²) in [7, 11) is 0. The summed E-state index contributed by atoms with van der Waals surface area (Å²) in [5.74, 6) is 0.592. The van der Waals surface area contributed by atoms with Crippen molar-refractivity contribution in [1.29, 1.82) is 0 Å². The van der Waals surface area contributed by atoms with Crippen LogP contribution in [0.1, 0.15) is 0 Å². The lowest BCUT2D eigenvalue weighted by Crippen LogP contribution is -2.03. The van der Waals surface area contributed by atoms with E-state index in [1.807, 2.05) is 49.1 Å². The van der Waals surface area contributed by atoms with Gasteiger partial charge in [0.1, 0.15) is 0 Å². The highest BCUT2D eigenvalue weighted by Gasteiger charge is 2.25. The first-order valence-electron chi connectivity index (χ1n) is 34.3. The zero-order valence-electron chi connectivity index (χ0n) is 54.5. The first-order chi connectivity index (χ1) is 50.6. The Balaban J connectivity index is 0.850. The highest BCUT2D eigenvalue weighted by atomic mass is 15.1. The summed E-state index contributed by atoms with van der Waals surface area (Å²) in [6.07, 6.45) is 7.55. The van der Waals surface area contributed by atoms with Crippen LogP contribution in [0.2, 0.25) is 0 Å². The lowest BCUT2D eigenvalue weighted by atomic mass is 10.1. The fraction of sp³-hybridized carbons (Fsp3) is 0. The average molecular weight is 1300 g/mol. The predicted molar refractivity (Wildman–Crippen MR) is 416 cm³/mol. The third-order valence-electron chi connectivity index (χ3n) is 20.7. The van der Waals surface area contributed by atoms with Gasteiger partial charge in [-0.2, -0.15) is 0 Å². The average Bonchev–Trinajstić information content (AvgIpc) is 1.56. The third kappa shape index (κ3) is 8.25. The van der Waals surface area contributed by atoms with Gasteiger partial charge in [0.2, 0.25) is 0 Å². The van der Waals surface area contributed by atoms with Crippen LogP contribution < -0.4 is 0 Å². The van der Waals surface area contributed by atoms with Crippen molar-refractivity contribution in [3.63, 3.8) is 0 Å². The number of pyridine rings is 4. The highest BCUT2D eigenvalue weighted by molar-refractivity contribution is 6.16. The molecule has 0 fully saturated rings. The molecule has 0 spiro atoms. The van der Waals surface area contributed by atoms with E-state index in [9.17, 15) is 0 Å². The van der Waals surface area contributed by atoms with Gasteiger partial charge in [0.25, 0.3) is 0 Å². The predicted octanol–water partition coefficient (Wildman–Crippen LogP) is 21.6. The number of rotatable bonds is 9. The summed E-state index contributed by atoms with van der Waals surface area (Å²) in [5, 5.41) is 8.71.